The number of carbonyl (C=O) groups excluding carboxylic acids is 1. The zero-order valence-corrected chi connectivity index (χ0v) is 11.7. The van der Waals surface area contributed by atoms with Crippen LogP contribution in [-0.4, -0.2) is 30.7 Å². The smallest absolute Gasteiger partial charge is 0.223 e. The third kappa shape index (κ3) is 3.49. The zero-order chi connectivity index (χ0) is 14.5. The maximum atomic E-state index is 12.0. The predicted molar refractivity (Wildman–Crippen MR) is 76.3 cm³/mol. The number of carbonyl (C=O) groups is 1. The Hall–Kier alpha value is -1.59. The van der Waals surface area contributed by atoms with Gasteiger partial charge in [0.05, 0.1) is 13.2 Å². The molecule has 1 aromatic rings. The van der Waals surface area contributed by atoms with Crippen molar-refractivity contribution in [3.05, 3.63) is 29.8 Å². The summed E-state index contributed by atoms with van der Waals surface area (Å²) in [6.45, 7) is 0.185. The zero-order valence-electron chi connectivity index (χ0n) is 11.7. The summed E-state index contributed by atoms with van der Waals surface area (Å²) in [5, 5.41) is 13.0. The molecule has 0 aliphatic heterocycles. The van der Waals surface area contributed by atoms with Gasteiger partial charge in [-0.15, -0.1) is 0 Å². The minimum Gasteiger partial charge on any atom is -0.496 e. The topological polar surface area (TPSA) is 84.6 Å². The first-order valence-electron chi connectivity index (χ1n) is 6.96. The molecule has 2 rings (SSSR count). The summed E-state index contributed by atoms with van der Waals surface area (Å²) >= 11 is 0. The minimum absolute atomic E-state index is 0.0186. The van der Waals surface area contributed by atoms with E-state index in [0.29, 0.717) is 11.3 Å². The molecule has 5 heteroatoms. The average molecular weight is 278 g/mol. The highest BCUT2D eigenvalue weighted by molar-refractivity contribution is 5.79. The van der Waals surface area contributed by atoms with Gasteiger partial charge in [0.15, 0.2) is 0 Å². The van der Waals surface area contributed by atoms with Crippen LogP contribution in [0.4, 0.5) is 0 Å². The van der Waals surface area contributed by atoms with Crippen LogP contribution in [0.3, 0.4) is 0 Å². The molecule has 0 heterocycles. The molecule has 20 heavy (non-hydrogen) atoms. The maximum absolute atomic E-state index is 12.0. The normalized spacial score (nSPS) is 23.4. The number of aliphatic hydroxyl groups is 1. The largest absolute Gasteiger partial charge is 0.496 e. The van der Waals surface area contributed by atoms with E-state index in [1.54, 1.807) is 19.2 Å². The maximum Gasteiger partial charge on any atom is 0.223 e. The fraction of sp³-hybridized carbons (Fsp3) is 0.533. The molecular weight excluding hydrogens is 256 g/mol. The van der Waals surface area contributed by atoms with Crippen LogP contribution in [0.5, 0.6) is 5.75 Å². The molecule has 0 spiro atoms. The summed E-state index contributed by atoms with van der Waals surface area (Å²) in [5.41, 5.74) is 6.48. The summed E-state index contributed by atoms with van der Waals surface area (Å²) in [7, 11) is 1.56. The molecule has 1 fully saturated rings. The number of amides is 1. The number of ether oxygens (including phenoxy) is 1. The van der Waals surface area contributed by atoms with Crippen LogP contribution in [0, 0.1) is 5.92 Å². The number of aliphatic hydroxyl groups excluding tert-OH is 1. The van der Waals surface area contributed by atoms with Crippen molar-refractivity contribution in [3.63, 3.8) is 0 Å². The number of methoxy groups -OCH3 is 1. The van der Waals surface area contributed by atoms with Crippen molar-refractivity contribution in [2.75, 3.05) is 13.7 Å². The van der Waals surface area contributed by atoms with Gasteiger partial charge in [0, 0.05) is 24.1 Å². The van der Waals surface area contributed by atoms with E-state index in [0.717, 1.165) is 19.3 Å². The Morgan fingerprint density at radius 2 is 2.25 bits per heavy atom. The van der Waals surface area contributed by atoms with Gasteiger partial charge in [0.2, 0.25) is 5.91 Å². The molecule has 3 unspecified atom stereocenters. The number of hydrogen-bond acceptors (Lipinski definition) is 4. The highest BCUT2D eigenvalue weighted by atomic mass is 16.5. The molecule has 1 aliphatic rings. The van der Waals surface area contributed by atoms with Crippen LogP contribution in [0.25, 0.3) is 0 Å². The fourth-order valence-electron chi connectivity index (χ4n) is 2.65. The van der Waals surface area contributed by atoms with Gasteiger partial charge < -0.3 is 20.9 Å². The van der Waals surface area contributed by atoms with E-state index in [4.69, 9.17) is 10.5 Å². The van der Waals surface area contributed by atoms with E-state index in [1.165, 1.54) is 0 Å². The van der Waals surface area contributed by atoms with Crippen LogP contribution in [0.15, 0.2) is 24.3 Å². The first-order valence-corrected chi connectivity index (χ1v) is 6.96. The molecule has 1 aliphatic carbocycles. The highest BCUT2D eigenvalue weighted by Gasteiger charge is 2.28. The second kappa shape index (κ2) is 6.72. The van der Waals surface area contributed by atoms with Crippen LogP contribution in [-0.2, 0) is 4.79 Å². The number of rotatable bonds is 5. The van der Waals surface area contributed by atoms with Gasteiger partial charge >= 0.3 is 0 Å². The monoisotopic (exact) mass is 278 g/mol. The standard InChI is InChI=1S/C15H22N2O3/c1-20-14-5-3-2-4-12(14)13(18)9-17-15(19)10-6-7-11(16)8-10/h2-5,10-11,13,18H,6-9,16H2,1H3,(H,17,19). The predicted octanol–water partition coefficient (Wildman–Crippen LogP) is 0.972. The van der Waals surface area contributed by atoms with E-state index >= 15 is 0 Å². The molecule has 3 atom stereocenters. The quantitative estimate of drug-likeness (QED) is 0.749. The highest BCUT2D eigenvalue weighted by Crippen LogP contribution is 2.26. The lowest BCUT2D eigenvalue weighted by Gasteiger charge is -2.17. The minimum atomic E-state index is -0.773. The summed E-state index contributed by atoms with van der Waals surface area (Å²) < 4.78 is 5.20. The Kier molecular flexibility index (Phi) is 4.98. The van der Waals surface area contributed by atoms with Crippen LogP contribution in [0.1, 0.15) is 30.9 Å². The van der Waals surface area contributed by atoms with Crippen molar-refractivity contribution in [1.29, 1.82) is 0 Å². The summed E-state index contributed by atoms with van der Waals surface area (Å²) in [4.78, 5) is 12.0. The van der Waals surface area contributed by atoms with Gasteiger partial charge in [0.25, 0.3) is 0 Å². The Morgan fingerprint density at radius 1 is 1.50 bits per heavy atom. The van der Waals surface area contributed by atoms with Gasteiger partial charge in [0.1, 0.15) is 5.75 Å². The van der Waals surface area contributed by atoms with Crippen LogP contribution >= 0.6 is 0 Å². The van der Waals surface area contributed by atoms with Crippen molar-refractivity contribution in [2.24, 2.45) is 11.7 Å². The van der Waals surface area contributed by atoms with Crippen LogP contribution < -0.4 is 15.8 Å². The van der Waals surface area contributed by atoms with Gasteiger partial charge in [-0.05, 0) is 25.3 Å². The number of nitrogens with one attached hydrogen (secondary N) is 1. The molecule has 1 aromatic carbocycles. The number of nitrogens with two attached hydrogens (primary N) is 1. The van der Waals surface area contributed by atoms with Crippen molar-refractivity contribution in [2.45, 2.75) is 31.4 Å². The van der Waals surface area contributed by atoms with E-state index < -0.39 is 6.10 Å². The molecule has 0 bridgehead atoms. The number of hydrogen-bond donors (Lipinski definition) is 3. The second-order valence-electron chi connectivity index (χ2n) is 5.27. The van der Waals surface area contributed by atoms with E-state index in [2.05, 4.69) is 5.32 Å². The van der Waals surface area contributed by atoms with Crippen molar-refractivity contribution >= 4 is 5.91 Å². The average Bonchev–Trinajstić information content (AvgIpc) is 2.91. The molecule has 0 radical (unpaired) electrons. The third-order valence-electron chi connectivity index (χ3n) is 3.81. The Morgan fingerprint density at radius 3 is 2.90 bits per heavy atom. The van der Waals surface area contributed by atoms with Crippen molar-refractivity contribution in [1.82, 2.24) is 5.32 Å². The van der Waals surface area contributed by atoms with Gasteiger partial charge in [-0.25, -0.2) is 0 Å². The molecule has 0 saturated heterocycles. The van der Waals surface area contributed by atoms with Crippen molar-refractivity contribution in [3.8, 4) is 5.75 Å². The molecule has 5 nitrogen and oxygen atoms in total. The molecule has 1 amide bonds. The lowest BCUT2D eigenvalue weighted by atomic mass is 10.1. The summed E-state index contributed by atoms with van der Waals surface area (Å²) in [5.74, 6) is 0.582. The number of para-hydroxylation sites is 1. The molecule has 1 saturated carbocycles. The summed E-state index contributed by atoms with van der Waals surface area (Å²) in [6, 6.07) is 7.38. The van der Waals surface area contributed by atoms with E-state index in [1.807, 2.05) is 12.1 Å². The lowest BCUT2D eigenvalue weighted by Crippen LogP contribution is -2.33. The van der Waals surface area contributed by atoms with E-state index in [-0.39, 0.29) is 24.4 Å². The van der Waals surface area contributed by atoms with Crippen LogP contribution in [0.2, 0.25) is 0 Å². The SMILES string of the molecule is COc1ccccc1C(O)CNC(=O)C1CCC(N)C1. The Bertz CT molecular complexity index is 464. The van der Waals surface area contributed by atoms with Gasteiger partial charge in [-0.1, -0.05) is 18.2 Å². The Labute approximate surface area is 119 Å². The Balaban J connectivity index is 1.88. The first kappa shape index (κ1) is 14.8. The third-order valence-corrected chi connectivity index (χ3v) is 3.81. The molecule has 0 aromatic heterocycles. The number of benzene rings is 1. The fourth-order valence-corrected chi connectivity index (χ4v) is 2.65. The first-order chi connectivity index (χ1) is 9.61. The molecular formula is C15H22N2O3. The molecule has 110 valence electrons. The lowest BCUT2D eigenvalue weighted by molar-refractivity contribution is -0.125. The van der Waals surface area contributed by atoms with Crippen molar-refractivity contribution < 1.29 is 14.6 Å². The van der Waals surface area contributed by atoms with Gasteiger partial charge in [-0.2, -0.15) is 0 Å². The van der Waals surface area contributed by atoms with Gasteiger partial charge in [-0.3, -0.25) is 4.79 Å². The van der Waals surface area contributed by atoms with E-state index in [9.17, 15) is 9.90 Å². The second-order valence-corrected chi connectivity index (χ2v) is 5.27. The molecule has 4 N–H and O–H groups in total. The summed E-state index contributed by atoms with van der Waals surface area (Å²) in [6.07, 6.45) is 1.69.